The molecule has 3 heteroatoms. The maximum Gasteiger partial charge on any atom is 0.233 e. The van der Waals surface area contributed by atoms with Crippen molar-refractivity contribution in [2.45, 2.75) is 20.4 Å². The first-order chi connectivity index (χ1) is 8.76. The Morgan fingerprint density at radius 1 is 1.28 bits per heavy atom. The SMILES string of the molecule is CC[n+]1cccc(-c2nc3cc(C)ccc3o2)c1. The molecule has 2 heterocycles. The molecule has 0 spiro atoms. The van der Waals surface area contributed by atoms with E-state index in [9.17, 15) is 0 Å². The molecule has 0 saturated heterocycles. The molecule has 3 nitrogen and oxygen atoms in total. The van der Waals surface area contributed by atoms with Gasteiger partial charge in [-0.05, 0) is 37.6 Å². The van der Waals surface area contributed by atoms with E-state index in [1.807, 2.05) is 36.5 Å². The Kier molecular flexibility index (Phi) is 2.59. The summed E-state index contributed by atoms with van der Waals surface area (Å²) in [4.78, 5) is 4.54. The highest BCUT2D eigenvalue weighted by molar-refractivity contribution is 5.76. The first kappa shape index (κ1) is 11.0. The maximum absolute atomic E-state index is 5.78. The molecule has 0 N–H and O–H groups in total. The summed E-state index contributed by atoms with van der Waals surface area (Å²) in [5.41, 5.74) is 3.95. The van der Waals surface area contributed by atoms with E-state index in [0.717, 1.165) is 23.2 Å². The molecule has 0 aliphatic heterocycles. The molecule has 1 aromatic carbocycles. The number of fused-ring (bicyclic) bond motifs is 1. The summed E-state index contributed by atoms with van der Waals surface area (Å²) in [7, 11) is 0. The number of rotatable bonds is 2. The van der Waals surface area contributed by atoms with Gasteiger partial charge in [0.25, 0.3) is 0 Å². The Bertz CT molecular complexity index is 701. The van der Waals surface area contributed by atoms with E-state index in [0.29, 0.717) is 5.89 Å². The largest absolute Gasteiger partial charge is 0.436 e. The predicted molar refractivity (Wildman–Crippen MR) is 70.1 cm³/mol. The molecule has 0 unspecified atom stereocenters. The van der Waals surface area contributed by atoms with Gasteiger partial charge in [0.15, 0.2) is 18.0 Å². The van der Waals surface area contributed by atoms with Gasteiger partial charge in [-0.15, -0.1) is 0 Å². The lowest BCUT2D eigenvalue weighted by Crippen LogP contribution is -2.30. The average Bonchev–Trinajstić information content (AvgIpc) is 2.81. The van der Waals surface area contributed by atoms with E-state index in [1.54, 1.807) is 0 Å². The average molecular weight is 239 g/mol. The molecule has 0 radical (unpaired) electrons. The van der Waals surface area contributed by atoms with Crippen LogP contribution >= 0.6 is 0 Å². The molecule has 0 aliphatic carbocycles. The quantitative estimate of drug-likeness (QED) is 0.643. The van der Waals surface area contributed by atoms with E-state index in [1.165, 1.54) is 5.56 Å². The van der Waals surface area contributed by atoms with Gasteiger partial charge in [-0.25, -0.2) is 9.55 Å². The van der Waals surface area contributed by atoms with E-state index >= 15 is 0 Å². The molecule has 0 aliphatic rings. The van der Waals surface area contributed by atoms with Crippen molar-refractivity contribution in [3.8, 4) is 11.5 Å². The lowest BCUT2D eigenvalue weighted by molar-refractivity contribution is -0.693. The molecular weight excluding hydrogens is 224 g/mol. The minimum absolute atomic E-state index is 0.679. The number of pyridine rings is 1. The first-order valence-electron chi connectivity index (χ1n) is 6.13. The van der Waals surface area contributed by atoms with Crippen LogP contribution in [0.2, 0.25) is 0 Å². The van der Waals surface area contributed by atoms with Crippen LogP contribution in [0.5, 0.6) is 0 Å². The van der Waals surface area contributed by atoms with Gasteiger partial charge in [-0.1, -0.05) is 6.07 Å². The van der Waals surface area contributed by atoms with Gasteiger partial charge in [-0.3, -0.25) is 0 Å². The highest BCUT2D eigenvalue weighted by Gasteiger charge is 2.11. The zero-order valence-electron chi connectivity index (χ0n) is 10.6. The second-order valence-corrected chi connectivity index (χ2v) is 4.41. The summed E-state index contributed by atoms with van der Waals surface area (Å²) in [6.45, 7) is 5.10. The summed E-state index contributed by atoms with van der Waals surface area (Å²) >= 11 is 0. The standard InChI is InChI=1S/C15H15N2O/c1-3-17-8-4-5-12(10-17)15-16-13-9-11(2)6-7-14(13)18-15/h4-10H,3H2,1-2H3/q+1. The van der Waals surface area contributed by atoms with Gasteiger partial charge in [0.05, 0.1) is 0 Å². The zero-order valence-corrected chi connectivity index (χ0v) is 10.6. The van der Waals surface area contributed by atoms with E-state index < -0.39 is 0 Å². The van der Waals surface area contributed by atoms with Crippen LogP contribution in [-0.2, 0) is 6.54 Å². The third kappa shape index (κ3) is 1.88. The Hall–Kier alpha value is -2.16. The second kappa shape index (κ2) is 4.26. The molecule has 0 bridgehead atoms. The molecular formula is C15H15N2O+. The van der Waals surface area contributed by atoms with E-state index in [2.05, 4.69) is 29.6 Å². The minimum Gasteiger partial charge on any atom is -0.436 e. The van der Waals surface area contributed by atoms with Crippen LogP contribution in [0.3, 0.4) is 0 Å². The predicted octanol–water partition coefficient (Wildman–Crippen LogP) is 3.11. The fraction of sp³-hybridized carbons (Fsp3) is 0.200. The summed E-state index contributed by atoms with van der Waals surface area (Å²) < 4.78 is 7.89. The smallest absolute Gasteiger partial charge is 0.233 e. The van der Waals surface area contributed by atoms with Gasteiger partial charge in [0.2, 0.25) is 5.89 Å². The molecule has 2 aromatic heterocycles. The maximum atomic E-state index is 5.78. The number of aromatic nitrogens is 2. The molecule has 90 valence electrons. The molecule has 0 atom stereocenters. The number of aryl methyl sites for hydroxylation is 2. The van der Waals surface area contributed by atoms with Gasteiger partial charge < -0.3 is 4.42 Å². The van der Waals surface area contributed by atoms with Crippen molar-refractivity contribution >= 4 is 11.1 Å². The molecule has 3 rings (SSSR count). The molecule has 0 amide bonds. The van der Waals surface area contributed by atoms with E-state index in [4.69, 9.17) is 4.42 Å². The third-order valence-electron chi connectivity index (χ3n) is 3.01. The van der Waals surface area contributed by atoms with Crippen LogP contribution in [0.15, 0.2) is 47.1 Å². The molecule has 3 aromatic rings. The van der Waals surface area contributed by atoms with Gasteiger partial charge in [0.1, 0.15) is 17.6 Å². The third-order valence-corrected chi connectivity index (χ3v) is 3.01. The highest BCUT2D eigenvalue weighted by atomic mass is 16.3. The lowest BCUT2D eigenvalue weighted by Gasteiger charge is -1.94. The van der Waals surface area contributed by atoms with Crippen molar-refractivity contribution in [3.63, 3.8) is 0 Å². The van der Waals surface area contributed by atoms with Crippen molar-refractivity contribution in [2.24, 2.45) is 0 Å². The van der Waals surface area contributed by atoms with Crippen molar-refractivity contribution in [1.29, 1.82) is 0 Å². The van der Waals surface area contributed by atoms with Gasteiger partial charge >= 0.3 is 0 Å². The Morgan fingerprint density at radius 3 is 3.00 bits per heavy atom. The number of benzene rings is 1. The van der Waals surface area contributed by atoms with Crippen molar-refractivity contribution < 1.29 is 8.98 Å². The highest BCUT2D eigenvalue weighted by Crippen LogP contribution is 2.23. The first-order valence-corrected chi connectivity index (χ1v) is 6.13. The Morgan fingerprint density at radius 2 is 2.17 bits per heavy atom. The van der Waals surface area contributed by atoms with Crippen LogP contribution in [0.25, 0.3) is 22.6 Å². The number of hydrogen-bond donors (Lipinski definition) is 0. The van der Waals surface area contributed by atoms with Gasteiger partial charge in [-0.2, -0.15) is 0 Å². The van der Waals surface area contributed by atoms with Gasteiger partial charge in [0, 0.05) is 6.07 Å². The van der Waals surface area contributed by atoms with Crippen molar-refractivity contribution in [1.82, 2.24) is 4.98 Å². The monoisotopic (exact) mass is 239 g/mol. The minimum atomic E-state index is 0.679. The van der Waals surface area contributed by atoms with Crippen LogP contribution < -0.4 is 4.57 Å². The van der Waals surface area contributed by atoms with Crippen LogP contribution in [0.1, 0.15) is 12.5 Å². The van der Waals surface area contributed by atoms with Crippen LogP contribution in [0.4, 0.5) is 0 Å². The zero-order chi connectivity index (χ0) is 12.5. The Balaban J connectivity index is 2.13. The van der Waals surface area contributed by atoms with Crippen molar-refractivity contribution in [3.05, 3.63) is 48.3 Å². The summed E-state index contributed by atoms with van der Waals surface area (Å²) in [5.74, 6) is 0.679. The number of oxazole rings is 1. The number of hydrogen-bond acceptors (Lipinski definition) is 2. The van der Waals surface area contributed by atoms with E-state index in [-0.39, 0.29) is 0 Å². The summed E-state index contributed by atoms with van der Waals surface area (Å²) in [6.07, 6.45) is 4.09. The molecule has 0 fully saturated rings. The second-order valence-electron chi connectivity index (χ2n) is 4.41. The Labute approximate surface area is 106 Å². The summed E-state index contributed by atoms with van der Waals surface area (Å²) in [6, 6.07) is 10.1. The molecule has 18 heavy (non-hydrogen) atoms. The summed E-state index contributed by atoms with van der Waals surface area (Å²) in [5, 5.41) is 0. The van der Waals surface area contributed by atoms with Crippen LogP contribution in [-0.4, -0.2) is 4.98 Å². The lowest BCUT2D eigenvalue weighted by atomic mass is 10.2. The topological polar surface area (TPSA) is 29.9 Å². The number of nitrogens with zero attached hydrogens (tertiary/aromatic N) is 2. The fourth-order valence-electron chi connectivity index (χ4n) is 2.01. The van der Waals surface area contributed by atoms with Crippen LogP contribution in [0, 0.1) is 6.92 Å². The molecule has 0 saturated carbocycles. The normalized spacial score (nSPS) is 11.0. The van der Waals surface area contributed by atoms with Crippen molar-refractivity contribution in [2.75, 3.05) is 0 Å². The fourth-order valence-corrected chi connectivity index (χ4v) is 2.01.